The molecule has 0 amide bonds. The summed E-state index contributed by atoms with van der Waals surface area (Å²) in [6.45, 7) is 1.39. The van der Waals surface area contributed by atoms with Crippen LogP contribution in [0.3, 0.4) is 0 Å². The molecular weight excluding hydrogens is 363 g/mol. The molecule has 28 heavy (non-hydrogen) atoms. The number of aromatic nitrogens is 1. The van der Waals surface area contributed by atoms with Crippen LogP contribution in [0.5, 0.6) is 0 Å². The van der Waals surface area contributed by atoms with Gasteiger partial charge in [-0.2, -0.15) is 0 Å². The van der Waals surface area contributed by atoms with Crippen LogP contribution in [-0.4, -0.2) is 28.7 Å². The van der Waals surface area contributed by atoms with Crippen molar-refractivity contribution in [2.45, 2.75) is 12.8 Å². The molecule has 0 aliphatic rings. The summed E-state index contributed by atoms with van der Waals surface area (Å²) in [5.41, 5.74) is 8.63. The number of aliphatic carboxylic acids is 1. The van der Waals surface area contributed by atoms with Crippen LogP contribution < -0.4 is 11.1 Å². The van der Waals surface area contributed by atoms with Crippen molar-refractivity contribution in [3.05, 3.63) is 71.9 Å². The first-order valence-electron chi connectivity index (χ1n) is 8.53. The van der Waals surface area contributed by atoms with E-state index in [-0.39, 0.29) is 17.7 Å². The Bertz CT molecular complexity index is 1000. The maximum Gasteiger partial charge on any atom is 0.325 e. The molecule has 0 bridgehead atoms. The molecule has 4 N–H and O–H groups in total. The highest BCUT2D eigenvalue weighted by Gasteiger charge is 2.19. The summed E-state index contributed by atoms with van der Waals surface area (Å²) < 4.78 is 19.7. The van der Waals surface area contributed by atoms with Gasteiger partial charge in [-0.05, 0) is 17.2 Å². The Hall–Kier alpha value is -3.68. The number of hydrogen-bond donors (Lipinski definition) is 3. The lowest BCUT2D eigenvalue weighted by atomic mass is 9.94. The van der Waals surface area contributed by atoms with Crippen molar-refractivity contribution >= 4 is 17.6 Å². The van der Waals surface area contributed by atoms with Crippen molar-refractivity contribution < 1.29 is 18.8 Å². The standard InChI is InChI=1S/C20H19FN4O3/c1-12(19-17(11-28-25-19)24-20(22)23-10-18(26)27)14-7-8-15(16(21)9-14)13-5-3-2-4-6-13/h2-9,11-12H,10H2,1H3,(H,26,27)(H3,22,23,24). The van der Waals surface area contributed by atoms with Gasteiger partial charge in [0.1, 0.15) is 30.0 Å². The molecule has 1 aromatic heterocycles. The van der Waals surface area contributed by atoms with Crippen LogP contribution in [0.15, 0.2) is 64.3 Å². The van der Waals surface area contributed by atoms with Gasteiger partial charge < -0.3 is 20.7 Å². The van der Waals surface area contributed by atoms with Gasteiger partial charge in [0.25, 0.3) is 0 Å². The lowest BCUT2D eigenvalue weighted by Gasteiger charge is -2.13. The van der Waals surface area contributed by atoms with Crippen LogP contribution in [0, 0.1) is 5.82 Å². The van der Waals surface area contributed by atoms with Gasteiger partial charge in [-0.1, -0.05) is 54.5 Å². The van der Waals surface area contributed by atoms with E-state index in [1.807, 2.05) is 43.3 Å². The molecule has 1 heterocycles. The van der Waals surface area contributed by atoms with E-state index in [1.54, 1.807) is 6.07 Å². The van der Waals surface area contributed by atoms with Crippen LogP contribution in [0.2, 0.25) is 0 Å². The van der Waals surface area contributed by atoms with Crippen molar-refractivity contribution in [2.24, 2.45) is 10.7 Å². The third-order valence-corrected chi connectivity index (χ3v) is 4.23. The fraction of sp³-hybridized carbons (Fsp3) is 0.150. The minimum Gasteiger partial charge on any atom is -0.480 e. The smallest absolute Gasteiger partial charge is 0.325 e. The second-order valence-corrected chi connectivity index (χ2v) is 6.16. The molecule has 0 spiro atoms. The summed E-state index contributed by atoms with van der Waals surface area (Å²) in [7, 11) is 0. The first-order chi connectivity index (χ1) is 13.5. The van der Waals surface area contributed by atoms with Crippen LogP contribution in [0.4, 0.5) is 10.1 Å². The Balaban J connectivity index is 1.83. The van der Waals surface area contributed by atoms with Crippen molar-refractivity contribution in [1.29, 1.82) is 0 Å². The number of nitrogens with zero attached hydrogens (tertiary/aromatic N) is 2. The van der Waals surface area contributed by atoms with E-state index in [9.17, 15) is 9.18 Å². The Morgan fingerprint density at radius 1 is 1.32 bits per heavy atom. The summed E-state index contributed by atoms with van der Waals surface area (Å²) in [6, 6.07) is 14.3. The zero-order valence-electron chi connectivity index (χ0n) is 15.1. The highest BCUT2D eigenvalue weighted by Crippen LogP contribution is 2.32. The molecule has 0 fully saturated rings. The van der Waals surface area contributed by atoms with Crippen LogP contribution >= 0.6 is 0 Å². The molecule has 3 aromatic rings. The van der Waals surface area contributed by atoms with E-state index in [0.29, 0.717) is 22.5 Å². The summed E-state index contributed by atoms with van der Waals surface area (Å²) in [5.74, 6) is -1.81. The van der Waals surface area contributed by atoms with E-state index in [4.69, 9.17) is 15.4 Å². The van der Waals surface area contributed by atoms with Gasteiger partial charge in [-0.3, -0.25) is 4.79 Å². The van der Waals surface area contributed by atoms with Gasteiger partial charge in [-0.15, -0.1) is 0 Å². The monoisotopic (exact) mass is 382 g/mol. The molecule has 8 heteroatoms. The Labute approximate surface area is 160 Å². The van der Waals surface area contributed by atoms with Crippen LogP contribution in [-0.2, 0) is 4.79 Å². The fourth-order valence-electron chi connectivity index (χ4n) is 2.79. The number of nitrogens with one attached hydrogen (secondary N) is 1. The number of guanidine groups is 1. The number of carbonyl (C=O) groups is 1. The number of rotatable bonds is 6. The maximum atomic E-state index is 14.7. The van der Waals surface area contributed by atoms with E-state index in [2.05, 4.69) is 15.5 Å². The van der Waals surface area contributed by atoms with Crippen molar-refractivity contribution in [1.82, 2.24) is 5.16 Å². The van der Waals surface area contributed by atoms with Gasteiger partial charge in [0, 0.05) is 11.5 Å². The lowest BCUT2D eigenvalue weighted by Crippen LogP contribution is -2.24. The van der Waals surface area contributed by atoms with Gasteiger partial charge >= 0.3 is 5.97 Å². The maximum absolute atomic E-state index is 14.7. The highest BCUT2D eigenvalue weighted by atomic mass is 19.1. The highest BCUT2D eigenvalue weighted by molar-refractivity contribution is 5.93. The van der Waals surface area contributed by atoms with Gasteiger partial charge in [-0.25, -0.2) is 9.38 Å². The topological polar surface area (TPSA) is 114 Å². The molecule has 7 nitrogen and oxygen atoms in total. The quantitative estimate of drug-likeness (QED) is 0.444. The third-order valence-electron chi connectivity index (χ3n) is 4.23. The van der Waals surface area contributed by atoms with E-state index >= 15 is 0 Å². The Kier molecular flexibility index (Phi) is 5.69. The molecule has 0 radical (unpaired) electrons. The largest absolute Gasteiger partial charge is 0.480 e. The lowest BCUT2D eigenvalue weighted by molar-refractivity contribution is -0.135. The number of halogens is 1. The average molecular weight is 382 g/mol. The Morgan fingerprint density at radius 3 is 2.75 bits per heavy atom. The number of carboxylic acid groups (broad SMARTS) is 1. The minimum atomic E-state index is -1.10. The van der Waals surface area contributed by atoms with Crippen molar-refractivity contribution in [3.63, 3.8) is 0 Å². The third kappa shape index (κ3) is 4.35. The van der Waals surface area contributed by atoms with E-state index < -0.39 is 12.5 Å². The minimum absolute atomic E-state index is 0.0790. The van der Waals surface area contributed by atoms with Crippen LogP contribution in [0.25, 0.3) is 11.1 Å². The zero-order chi connectivity index (χ0) is 20.1. The molecular formula is C20H19FN4O3. The molecule has 0 saturated carbocycles. The molecule has 1 atom stereocenters. The first kappa shape index (κ1) is 19.1. The second kappa shape index (κ2) is 8.34. The number of nitrogens with two attached hydrogens (primary N) is 1. The predicted octanol–water partition coefficient (Wildman–Crippen LogP) is 3.44. The number of benzene rings is 2. The van der Waals surface area contributed by atoms with Crippen LogP contribution in [0.1, 0.15) is 24.1 Å². The molecule has 2 aromatic carbocycles. The SMILES string of the molecule is CC(c1ccc(-c2ccccc2)c(F)c1)c1nocc1NC(N)=NCC(=O)O. The first-order valence-corrected chi connectivity index (χ1v) is 8.53. The molecule has 3 rings (SSSR count). The van der Waals surface area contributed by atoms with Crippen molar-refractivity contribution in [2.75, 3.05) is 11.9 Å². The molecule has 0 aliphatic heterocycles. The van der Waals surface area contributed by atoms with Crippen molar-refractivity contribution in [3.8, 4) is 11.1 Å². The summed E-state index contributed by atoms with van der Waals surface area (Å²) >= 11 is 0. The molecule has 144 valence electrons. The molecule has 1 unspecified atom stereocenters. The van der Waals surface area contributed by atoms with E-state index in [0.717, 1.165) is 5.56 Å². The predicted molar refractivity (Wildman–Crippen MR) is 104 cm³/mol. The number of aliphatic imine (C=N–C) groups is 1. The Morgan fingerprint density at radius 2 is 2.07 bits per heavy atom. The number of hydrogen-bond acceptors (Lipinski definition) is 4. The zero-order valence-corrected chi connectivity index (χ0v) is 15.1. The van der Waals surface area contributed by atoms with Gasteiger partial charge in [0.15, 0.2) is 5.96 Å². The summed E-state index contributed by atoms with van der Waals surface area (Å²) in [4.78, 5) is 14.3. The summed E-state index contributed by atoms with van der Waals surface area (Å²) in [6.07, 6.45) is 1.34. The van der Waals surface area contributed by atoms with E-state index in [1.165, 1.54) is 12.3 Å². The summed E-state index contributed by atoms with van der Waals surface area (Å²) in [5, 5.41) is 15.4. The number of carboxylic acids is 1. The second-order valence-electron chi connectivity index (χ2n) is 6.16. The van der Waals surface area contributed by atoms with Gasteiger partial charge in [0.05, 0.1) is 0 Å². The normalized spacial score (nSPS) is 12.6. The molecule has 0 aliphatic carbocycles. The number of anilines is 1. The molecule has 0 saturated heterocycles. The fourth-order valence-corrected chi connectivity index (χ4v) is 2.79. The average Bonchev–Trinajstić information content (AvgIpc) is 3.14. The van der Waals surface area contributed by atoms with Gasteiger partial charge in [0.2, 0.25) is 0 Å².